The molecule has 0 atom stereocenters. The Balaban J connectivity index is 3.05. The number of aromatic nitrogens is 2. The van der Waals surface area contributed by atoms with Crippen LogP contribution in [-0.4, -0.2) is 9.97 Å². The van der Waals surface area contributed by atoms with Crippen molar-refractivity contribution >= 4 is 5.69 Å². The van der Waals surface area contributed by atoms with Crippen molar-refractivity contribution in [2.45, 2.75) is 26.2 Å². The summed E-state index contributed by atoms with van der Waals surface area (Å²) in [5, 5.41) is 8.51. The zero-order valence-corrected chi connectivity index (χ0v) is 7.78. The number of nitrogens with zero attached hydrogens (tertiary/aromatic N) is 3. The maximum absolute atomic E-state index is 8.51. The van der Waals surface area contributed by atoms with Gasteiger partial charge in [-0.25, -0.2) is 9.97 Å². The molecule has 1 aromatic rings. The van der Waals surface area contributed by atoms with Crippen molar-refractivity contribution in [2.75, 3.05) is 5.73 Å². The van der Waals surface area contributed by atoms with Gasteiger partial charge in [0, 0.05) is 5.92 Å². The topological polar surface area (TPSA) is 75.6 Å². The molecule has 4 nitrogen and oxygen atoms in total. The number of nitriles is 1. The van der Waals surface area contributed by atoms with E-state index in [1.54, 1.807) is 6.20 Å². The first-order valence-electron chi connectivity index (χ1n) is 4.13. The molecule has 0 aliphatic carbocycles. The first-order chi connectivity index (χ1) is 6.15. The van der Waals surface area contributed by atoms with Crippen molar-refractivity contribution in [1.29, 1.82) is 5.26 Å². The average molecular weight is 176 g/mol. The van der Waals surface area contributed by atoms with Gasteiger partial charge in [0.2, 0.25) is 0 Å². The van der Waals surface area contributed by atoms with Crippen molar-refractivity contribution in [2.24, 2.45) is 0 Å². The lowest BCUT2D eigenvalue weighted by Crippen LogP contribution is -2.04. The monoisotopic (exact) mass is 176 g/mol. The molecular formula is C9H12N4. The molecule has 68 valence electrons. The fourth-order valence-corrected chi connectivity index (χ4v) is 0.937. The molecule has 0 aliphatic heterocycles. The van der Waals surface area contributed by atoms with Crippen LogP contribution in [0.5, 0.6) is 0 Å². The molecule has 0 aromatic carbocycles. The number of nitrogens with two attached hydrogens (primary N) is 1. The van der Waals surface area contributed by atoms with Crippen LogP contribution in [0.1, 0.15) is 31.3 Å². The average Bonchev–Trinajstić information content (AvgIpc) is 2.08. The van der Waals surface area contributed by atoms with E-state index in [0.29, 0.717) is 11.4 Å². The van der Waals surface area contributed by atoms with E-state index in [1.165, 1.54) is 0 Å². The van der Waals surface area contributed by atoms with E-state index >= 15 is 0 Å². The predicted octanol–water partition coefficient (Wildman–Crippen LogP) is 1.25. The SMILES string of the molecule is CC(C)c1ncc(N)c(CC#N)n1. The number of hydrogen-bond donors (Lipinski definition) is 1. The quantitative estimate of drug-likeness (QED) is 0.735. The molecule has 4 heteroatoms. The zero-order valence-electron chi connectivity index (χ0n) is 7.78. The van der Waals surface area contributed by atoms with E-state index in [-0.39, 0.29) is 12.3 Å². The van der Waals surface area contributed by atoms with Crippen molar-refractivity contribution in [3.05, 3.63) is 17.7 Å². The van der Waals surface area contributed by atoms with Gasteiger partial charge in [0.25, 0.3) is 0 Å². The van der Waals surface area contributed by atoms with E-state index in [0.717, 1.165) is 5.82 Å². The van der Waals surface area contributed by atoms with E-state index in [1.807, 2.05) is 19.9 Å². The molecule has 0 radical (unpaired) electrons. The fourth-order valence-electron chi connectivity index (χ4n) is 0.937. The largest absolute Gasteiger partial charge is 0.396 e. The number of rotatable bonds is 2. The summed E-state index contributed by atoms with van der Waals surface area (Å²) in [6.45, 7) is 4.00. The van der Waals surface area contributed by atoms with Crippen LogP contribution >= 0.6 is 0 Å². The maximum atomic E-state index is 8.51. The first-order valence-corrected chi connectivity index (χ1v) is 4.13. The second-order valence-corrected chi connectivity index (χ2v) is 3.12. The summed E-state index contributed by atoms with van der Waals surface area (Å²) in [5.74, 6) is 0.998. The molecule has 2 N–H and O–H groups in total. The highest BCUT2D eigenvalue weighted by molar-refractivity contribution is 5.41. The van der Waals surface area contributed by atoms with Gasteiger partial charge < -0.3 is 5.73 Å². The molecule has 0 unspecified atom stereocenters. The second-order valence-electron chi connectivity index (χ2n) is 3.12. The normalized spacial score (nSPS) is 10.0. The van der Waals surface area contributed by atoms with E-state index in [2.05, 4.69) is 9.97 Å². The lowest BCUT2D eigenvalue weighted by atomic mass is 10.2. The molecule has 1 aromatic heterocycles. The van der Waals surface area contributed by atoms with Crippen LogP contribution in [-0.2, 0) is 6.42 Å². The first kappa shape index (κ1) is 9.46. The molecule has 0 aliphatic rings. The molecule has 1 rings (SSSR count). The van der Waals surface area contributed by atoms with Crippen LogP contribution in [0, 0.1) is 11.3 Å². The lowest BCUT2D eigenvalue weighted by molar-refractivity contribution is 0.764. The van der Waals surface area contributed by atoms with E-state index < -0.39 is 0 Å². The van der Waals surface area contributed by atoms with Gasteiger partial charge in [-0.3, -0.25) is 0 Å². The molecule has 0 saturated carbocycles. The zero-order chi connectivity index (χ0) is 9.84. The third kappa shape index (κ3) is 2.15. The highest BCUT2D eigenvalue weighted by Crippen LogP contribution is 2.13. The van der Waals surface area contributed by atoms with Gasteiger partial charge in [0.1, 0.15) is 5.82 Å². The summed E-state index contributed by atoms with van der Waals surface area (Å²) in [6.07, 6.45) is 1.81. The van der Waals surface area contributed by atoms with Crippen molar-refractivity contribution in [3.8, 4) is 6.07 Å². The molecule has 0 fully saturated rings. The van der Waals surface area contributed by atoms with Crippen LogP contribution in [0.3, 0.4) is 0 Å². The summed E-state index contributed by atoms with van der Waals surface area (Å²) in [4.78, 5) is 8.28. The molecule has 0 spiro atoms. The van der Waals surface area contributed by atoms with Gasteiger partial charge >= 0.3 is 0 Å². The molecular weight excluding hydrogens is 164 g/mol. The Morgan fingerprint density at radius 2 is 2.31 bits per heavy atom. The smallest absolute Gasteiger partial charge is 0.131 e. The lowest BCUT2D eigenvalue weighted by Gasteiger charge is -2.06. The number of nitrogen functional groups attached to an aromatic ring is 1. The summed E-state index contributed by atoms with van der Waals surface area (Å²) in [5.41, 5.74) is 6.72. The van der Waals surface area contributed by atoms with Crippen molar-refractivity contribution in [3.63, 3.8) is 0 Å². The van der Waals surface area contributed by atoms with Crippen LogP contribution in [0.25, 0.3) is 0 Å². The van der Waals surface area contributed by atoms with Gasteiger partial charge in [-0.1, -0.05) is 13.8 Å². The highest BCUT2D eigenvalue weighted by Gasteiger charge is 2.06. The number of anilines is 1. The minimum absolute atomic E-state index is 0.244. The third-order valence-corrected chi connectivity index (χ3v) is 1.68. The summed E-state index contributed by atoms with van der Waals surface area (Å²) in [6, 6.07) is 2.02. The minimum atomic E-state index is 0.244. The fraction of sp³-hybridized carbons (Fsp3) is 0.444. The minimum Gasteiger partial charge on any atom is -0.396 e. The van der Waals surface area contributed by atoms with Gasteiger partial charge in [-0.05, 0) is 0 Å². The van der Waals surface area contributed by atoms with Crippen LogP contribution in [0.2, 0.25) is 0 Å². The van der Waals surface area contributed by atoms with Crippen LogP contribution < -0.4 is 5.73 Å². The van der Waals surface area contributed by atoms with Gasteiger partial charge in [0.15, 0.2) is 0 Å². The Kier molecular flexibility index (Phi) is 2.80. The van der Waals surface area contributed by atoms with Gasteiger partial charge in [0.05, 0.1) is 30.1 Å². The highest BCUT2D eigenvalue weighted by atomic mass is 14.9. The van der Waals surface area contributed by atoms with Crippen molar-refractivity contribution in [1.82, 2.24) is 9.97 Å². The maximum Gasteiger partial charge on any atom is 0.131 e. The molecule has 1 heterocycles. The molecule has 0 amide bonds. The van der Waals surface area contributed by atoms with Crippen molar-refractivity contribution < 1.29 is 0 Å². The predicted molar refractivity (Wildman–Crippen MR) is 49.9 cm³/mol. The van der Waals surface area contributed by atoms with Gasteiger partial charge in [-0.15, -0.1) is 0 Å². The standard InChI is InChI=1S/C9H12N4/c1-6(2)9-12-5-7(11)8(13-9)3-4-10/h5-6H,3,11H2,1-2H3. The third-order valence-electron chi connectivity index (χ3n) is 1.68. The number of hydrogen-bond acceptors (Lipinski definition) is 4. The van der Waals surface area contributed by atoms with E-state index in [4.69, 9.17) is 11.0 Å². The Bertz CT molecular complexity index is 338. The summed E-state index contributed by atoms with van der Waals surface area (Å²) >= 11 is 0. The van der Waals surface area contributed by atoms with Crippen LogP contribution in [0.4, 0.5) is 5.69 Å². The Morgan fingerprint density at radius 1 is 1.62 bits per heavy atom. The van der Waals surface area contributed by atoms with Gasteiger partial charge in [-0.2, -0.15) is 5.26 Å². The Labute approximate surface area is 77.4 Å². The molecule has 13 heavy (non-hydrogen) atoms. The Hall–Kier alpha value is -1.63. The summed E-state index contributed by atoms with van der Waals surface area (Å²) in [7, 11) is 0. The van der Waals surface area contributed by atoms with E-state index in [9.17, 15) is 0 Å². The molecule has 0 saturated heterocycles. The van der Waals surface area contributed by atoms with Crippen LogP contribution in [0.15, 0.2) is 6.20 Å². The molecule has 0 bridgehead atoms. The summed E-state index contributed by atoms with van der Waals surface area (Å²) < 4.78 is 0. The second kappa shape index (κ2) is 3.85. The Morgan fingerprint density at radius 3 is 2.85 bits per heavy atom.